The first kappa shape index (κ1) is 22.8. The molecule has 0 bridgehead atoms. The van der Waals surface area contributed by atoms with E-state index in [1.54, 1.807) is 10.9 Å². The number of hydrogen-bond donors (Lipinski definition) is 3. The van der Waals surface area contributed by atoms with Gasteiger partial charge < -0.3 is 11.1 Å². The minimum absolute atomic E-state index is 0.182. The molecule has 0 aliphatic heterocycles. The number of amides is 1. The summed E-state index contributed by atoms with van der Waals surface area (Å²) in [6.07, 6.45) is 3.95. The Bertz CT molecular complexity index is 1300. The Morgan fingerprint density at radius 3 is 2.62 bits per heavy atom. The summed E-state index contributed by atoms with van der Waals surface area (Å²) in [6.45, 7) is 3.13. The van der Waals surface area contributed by atoms with Crippen LogP contribution in [0.4, 0.5) is 5.82 Å². The number of aromatic amines is 1. The van der Waals surface area contributed by atoms with Crippen molar-refractivity contribution < 1.29 is 4.79 Å². The van der Waals surface area contributed by atoms with Crippen LogP contribution in [0.2, 0.25) is 0 Å². The lowest BCUT2D eigenvalue weighted by Gasteiger charge is -2.06. The molecule has 4 aromatic rings. The van der Waals surface area contributed by atoms with Crippen LogP contribution in [0, 0.1) is 11.3 Å². The Hall–Kier alpha value is -4.38. The average molecular weight is 454 g/mol. The quantitative estimate of drug-likeness (QED) is 0.333. The Labute approximate surface area is 198 Å². The molecule has 8 nitrogen and oxygen atoms in total. The summed E-state index contributed by atoms with van der Waals surface area (Å²) >= 11 is 0. The van der Waals surface area contributed by atoms with Gasteiger partial charge in [0.2, 0.25) is 0 Å². The third kappa shape index (κ3) is 5.15. The molecule has 172 valence electrons. The smallest absolute Gasteiger partial charge is 0.255 e. The normalized spacial score (nSPS) is 10.7. The van der Waals surface area contributed by atoms with Gasteiger partial charge in [0.15, 0.2) is 5.82 Å². The van der Waals surface area contributed by atoms with Crippen LogP contribution in [0.1, 0.15) is 46.1 Å². The number of nitrogen functional groups attached to an aromatic ring is 1. The van der Waals surface area contributed by atoms with Gasteiger partial charge in [-0.3, -0.25) is 14.6 Å². The fourth-order valence-corrected chi connectivity index (χ4v) is 3.81. The first-order chi connectivity index (χ1) is 16.6. The second kappa shape index (κ2) is 10.5. The Morgan fingerprint density at radius 2 is 1.91 bits per heavy atom. The lowest BCUT2D eigenvalue weighted by atomic mass is 10.0. The fourth-order valence-electron chi connectivity index (χ4n) is 3.81. The molecule has 2 aromatic carbocycles. The van der Waals surface area contributed by atoms with Gasteiger partial charge in [0, 0.05) is 18.3 Å². The van der Waals surface area contributed by atoms with Crippen LogP contribution >= 0.6 is 0 Å². The van der Waals surface area contributed by atoms with Gasteiger partial charge in [-0.15, -0.1) is 0 Å². The number of H-pyrrole nitrogens is 1. The van der Waals surface area contributed by atoms with E-state index < -0.39 is 0 Å². The molecule has 2 aromatic heterocycles. The lowest BCUT2D eigenvalue weighted by molar-refractivity contribution is 0.0953. The van der Waals surface area contributed by atoms with Crippen LogP contribution in [0.5, 0.6) is 0 Å². The first-order valence-electron chi connectivity index (χ1n) is 11.3. The second-order valence-corrected chi connectivity index (χ2v) is 8.06. The topological polar surface area (TPSA) is 125 Å². The van der Waals surface area contributed by atoms with Crippen LogP contribution in [-0.2, 0) is 19.4 Å². The first-order valence-corrected chi connectivity index (χ1v) is 11.3. The standard InChI is InChI=1S/C26H27N7O/c1-2-18-10-12-20(13-11-18)24-22(17-33(32-24)16-19-7-4-3-5-8-19)26(34)29-14-6-9-23-21(15-27)25(28)31-30-23/h3-5,7-8,10-13,17H,2,6,9,14,16H2,1H3,(H,29,34)(H3,28,30,31). The van der Waals surface area contributed by atoms with E-state index in [0.29, 0.717) is 48.4 Å². The van der Waals surface area contributed by atoms with E-state index in [1.807, 2.05) is 42.5 Å². The predicted molar refractivity (Wildman–Crippen MR) is 131 cm³/mol. The van der Waals surface area contributed by atoms with Gasteiger partial charge >= 0.3 is 0 Å². The van der Waals surface area contributed by atoms with E-state index in [4.69, 9.17) is 10.8 Å². The van der Waals surface area contributed by atoms with E-state index in [2.05, 4.69) is 40.6 Å². The molecule has 8 heteroatoms. The van der Waals surface area contributed by atoms with Gasteiger partial charge in [-0.1, -0.05) is 61.5 Å². The van der Waals surface area contributed by atoms with E-state index in [1.165, 1.54) is 5.56 Å². The molecule has 2 heterocycles. The number of hydrogen-bond acceptors (Lipinski definition) is 5. The summed E-state index contributed by atoms with van der Waals surface area (Å²) < 4.78 is 1.81. The van der Waals surface area contributed by atoms with Crippen molar-refractivity contribution in [2.24, 2.45) is 0 Å². The molecule has 0 atom stereocenters. The lowest BCUT2D eigenvalue weighted by Crippen LogP contribution is -2.25. The van der Waals surface area contributed by atoms with Crippen LogP contribution in [0.25, 0.3) is 11.3 Å². The van der Waals surface area contributed by atoms with E-state index in [9.17, 15) is 10.1 Å². The Kier molecular flexibility index (Phi) is 7.04. The molecule has 0 aliphatic rings. The van der Waals surface area contributed by atoms with Gasteiger partial charge in [0.1, 0.15) is 17.3 Å². The molecular weight excluding hydrogens is 426 g/mol. The number of aromatic nitrogens is 4. The number of anilines is 1. The molecule has 0 unspecified atom stereocenters. The molecule has 4 N–H and O–H groups in total. The number of aryl methyl sites for hydroxylation is 2. The predicted octanol–water partition coefficient (Wildman–Crippen LogP) is 3.70. The molecule has 0 spiro atoms. The highest BCUT2D eigenvalue weighted by molar-refractivity contribution is 5.99. The van der Waals surface area contributed by atoms with Crippen molar-refractivity contribution in [1.29, 1.82) is 5.26 Å². The molecular formula is C26H27N7O. The van der Waals surface area contributed by atoms with Gasteiger partial charge in [-0.25, -0.2) is 0 Å². The maximum Gasteiger partial charge on any atom is 0.255 e. The molecule has 1 amide bonds. The average Bonchev–Trinajstić information content (AvgIpc) is 3.45. The number of rotatable bonds is 9. The van der Waals surface area contributed by atoms with Crippen LogP contribution < -0.4 is 11.1 Å². The molecule has 0 saturated carbocycles. The third-order valence-corrected chi connectivity index (χ3v) is 5.70. The van der Waals surface area contributed by atoms with E-state index in [-0.39, 0.29) is 11.7 Å². The zero-order valence-electron chi connectivity index (χ0n) is 19.1. The molecule has 0 radical (unpaired) electrons. The Morgan fingerprint density at radius 1 is 1.15 bits per heavy atom. The monoisotopic (exact) mass is 453 g/mol. The minimum Gasteiger partial charge on any atom is -0.381 e. The van der Waals surface area contributed by atoms with Gasteiger partial charge in [0.25, 0.3) is 5.91 Å². The number of nitrogens with two attached hydrogens (primary N) is 1. The second-order valence-electron chi connectivity index (χ2n) is 8.06. The number of nitrogens with zero attached hydrogens (tertiary/aromatic N) is 4. The number of nitrogens with one attached hydrogen (secondary N) is 2. The van der Waals surface area contributed by atoms with Crippen LogP contribution in [0.15, 0.2) is 60.8 Å². The van der Waals surface area contributed by atoms with Gasteiger partial charge in [0.05, 0.1) is 17.8 Å². The number of carbonyl (C=O) groups excluding carboxylic acids is 1. The SMILES string of the molecule is CCc1ccc(-c2nn(Cc3ccccc3)cc2C(=O)NCCCc2[nH]nc(N)c2C#N)cc1. The molecule has 4 rings (SSSR count). The van der Waals surface area contributed by atoms with Crippen molar-refractivity contribution in [3.05, 3.63) is 88.7 Å². The van der Waals surface area contributed by atoms with E-state index in [0.717, 1.165) is 17.5 Å². The van der Waals surface area contributed by atoms with Gasteiger partial charge in [-0.05, 0) is 30.4 Å². The zero-order chi connectivity index (χ0) is 23.9. The van der Waals surface area contributed by atoms with Crippen molar-refractivity contribution in [2.75, 3.05) is 12.3 Å². The maximum absolute atomic E-state index is 13.1. The van der Waals surface area contributed by atoms with Crippen molar-refractivity contribution in [1.82, 2.24) is 25.3 Å². The molecule has 34 heavy (non-hydrogen) atoms. The van der Waals surface area contributed by atoms with Crippen molar-refractivity contribution in [3.63, 3.8) is 0 Å². The highest BCUT2D eigenvalue weighted by atomic mass is 16.1. The molecule has 0 saturated heterocycles. The summed E-state index contributed by atoms with van der Waals surface area (Å²) in [5.41, 5.74) is 11.2. The summed E-state index contributed by atoms with van der Waals surface area (Å²) in [6, 6.07) is 20.2. The van der Waals surface area contributed by atoms with E-state index >= 15 is 0 Å². The highest BCUT2D eigenvalue weighted by Gasteiger charge is 2.18. The summed E-state index contributed by atoms with van der Waals surface area (Å²) in [5.74, 6) is 0.0182. The highest BCUT2D eigenvalue weighted by Crippen LogP contribution is 2.23. The maximum atomic E-state index is 13.1. The van der Waals surface area contributed by atoms with Crippen LogP contribution in [-0.4, -0.2) is 32.4 Å². The zero-order valence-corrected chi connectivity index (χ0v) is 19.1. The van der Waals surface area contributed by atoms with Gasteiger partial charge in [-0.2, -0.15) is 15.5 Å². The number of nitriles is 1. The molecule has 0 aliphatic carbocycles. The van der Waals surface area contributed by atoms with Crippen LogP contribution in [0.3, 0.4) is 0 Å². The molecule has 0 fully saturated rings. The summed E-state index contributed by atoms with van der Waals surface area (Å²) in [4.78, 5) is 13.1. The van der Waals surface area contributed by atoms with Crippen molar-refractivity contribution in [2.45, 2.75) is 32.7 Å². The fraction of sp³-hybridized carbons (Fsp3) is 0.231. The minimum atomic E-state index is -0.182. The van der Waals surface area contributed by atoms with Crippen molar-refractivity contribution >= 4 is 11.7 Å². The number of benzene rings is 2. The third-order valence-electron chi connectivity index (χ3n) is 5.70. The van der Waals surface area contributed by atoms with Crippen molar-refractivity contribution in [3.8, 4) is 17.3 Å². The summed E-state index contributed by atoms with van der Waals surface area (Å²) in [5, 5.41) is 23.6. The largest absolute Gasteiger partial charge is 0.381 e. The summed E-state index contributed by atoms with van der Waals surface area (Å²) in [7, 11) is 0. The number of carbonyl (C=O) groups is 1. The Balaban J connectivity index is 1.49.